The van der Waals surface area contributed by atoms with Gasteiger partial charge in [0, 0.05) is 18.7 Å². The number of amides is 2. The molecule has 1 atom stereocenters. The number of aromatic nitrogens is 1. The van der Waals surface area contributed by atoms with Crippen LogP contribution in [0.1, 0.15) is 50.3 Å². The Morgan fingerprint density at radius 3 is 2.31 bits per heavy atom. The first-order valence-corrected chi connectivity index (χ1v) is 12.9. The van der Waals surface area contributed by atoms with Gasteiger partial charge < -0.3 is 20.6 Å². The van der Waals surface area contributed by atoms with E-state index in [4.69, 9.17) is 4.74 Å². The van der Waals surface area contributed by atoms with Crippen LogP contribution in [0, 0.1) is 28.9 Å². The van der Waals surface area contributed by atoms with Crippen molar-refractivity contribution < 1.29 is 19.1 Å². The van der Waals surface area contributed by atoms with E-state index < -0.39 is 11.6 Å². The average Bonchev–Trinajstić information content (AvgIpc) is 2.83. The van der Waals surface area contributed by atoms with Crippen molar-refractivity contribution in [2.24, 2.45) is 23.7 Å². The lowest BCUT2D eigenvalue weighted by Gasteiger charge is -2.53. The Morgan fingerprint density at radius 1 is 1.00 bits per heavy atom. The van der Waals surface area contributed by atoms with Crippen LogP contribution in [0.5, 0.6) is 0 Å². The van der Waals surface area contributed by atoms with E-state index in [0.29, 0.717) is 30.5 Å². The highest BCUT2D eigenvalue weighted by atomic mass is 16.6. The van der Waals surface area contributed by atoms with Crippen molar-refractivity contribution in [3.8, 4) is 0 Å². The Labute approximate surface area is 206 Å². The maximum atomic E-state index is 13.4. The molecule has 1 aromatic heterocycles. The summed E-state index contributed by atoms with van der Waals surface area (Å²) in [5, 5.41) is 18.1. The molecule has 2 N–H and O–H groups in total. The van der Waals surface area contributed by atoms with E-state index in [9.17, 15) is 14.8 Å². The minimum absolute atomic E-state index is 0.0608. The molecule has 4 bridgehead atoms. The SMILES string of the molecule is CC(Cc1cccc[n+]1[O-])(NC(=O)OC1C2CC3CC(C2)CC1C3)C(=O)NCCc1ccccc1. The van der Waals surface area contributed by atoms with Crippen LogP contribution in [0.4, 0.5) is 4.79 Å². The standard InChI is InChI=1S/C28H35N3O4/c1-28(18-24-9-5-6-12-31(24)34,26(32)29-11-10-19-7-3-2-4-8-19)30-27(33)35-25-22-14-20-13-21(16-22)17-23(25)15-20/h2-9,12,20-23,25H,10-11,13-18H2,1H3,(H,29,32)(H,30,33). The fourth-order valence-electron chi connectivity index (χ4n) is 6.75. The molecule has 2 aromatic rings. The molecule has 4 saturated carbocycles. The number of alkyl carbamates (subject to hydrolysis) is 1. The van der Waals surface area contributed by atoms with E-state index in [1.165, 1.54) is 12.6 Å². The fourth-order valence-corrected chi connectivity index (χ4v) is 6.75. The van der Waals surface area contributed by atoms with Crippen molar-refractivity contribution in [1.29, 1.82) is 0 Å². The van der Waals surface area contributed by atoms with E-state index in [1.807, 2.05) is 30.3 Å². The number of nitrogens with one attached hydrogen (secondary N) is 2. The van der Waals surface area contributed by atoms with E-state index in [0.717, 1.165) is 47.8 Å². The lowest BCUT2D eigenvalue weighted by Crippen LogP contribution is -2.60. The zero-order valence-corrected chi connectivity index (χ0v) is 20.3. The lowest BCUT2D eigenvalue weighted by molar-refractivity contribution is -0.614. The van der Waals surface area contributed by atoms with Crippen LogP contribution in [0.15, 0.2) is 54.7 Å². The van der Waals surface area contributed by atoms with Crippen molar-refractivity contribution in [3.63, 3.8) is 0 Å². The highest BCUT2D eigenvalue weighted by molar-refractivity contribution is 5.89. The summed E-state index contributed by atoms with van der Waals surface area (Å²) >= 11 is 0. The number of benzene rings is 1. The molecule has 4 aliphatic rings. The molecule has 0 saturated heterocycles. The number of pyridine rings is 1. The van der Waals surface area contributed by atoms with Gasteiger partial charge in [-0.3, -0.25) is 4.79 Å². The number of carbonyl (C=O) groups excluding carboxylic acids is 2. The predicted octanol–water partition coefficient (Wildman–Crippen LogP) is 3.53. The van der Waals surface area contributed by atoms with Crippen LogP contribution in [0.25, 0.3) is 0 Å². The molecule has 0 spiro atoms. The second-order valence-electron chi connectivity index (χ2n) is 10.9. The van der Waals surface area contributed by atoms with Crippen LogP contribution in [0.2, 0.25) is 0 Å². The summed E-state index contributed by atoms with van der Waals surface area (Å²) in [6.07, 6.45) is 7.38. The zero-order chi connectivity index (χ0) is 24.4. The van der Waals surface area contributed by atoms with E-state index in [2.05, 4.69) is 10.6 Å². The molecule has 4 fully saturated rings. The summed E-state index contributed by atoms with van der Waals surface area (Å²) in [6.45, 7) is 2.09. The summed E-state index contributed by atoms with van der Waals surface area (Å²) in [5.41, 5.74) is 0.195. The van der Waals surface area contributed by atoms with E-state index >= 15 is 0 Å². The summed E-state index contributed by atoms with van der Waals surface area (Å²) in [5.74, 6) is 2.10. The molecule has 6 rings (SSSR count). The number of nitrogens with zero attached hydrogens (tertiary/aromatic N) is 1. The van der Waals surface area contributed by atoms with Crippen LogP contribution in [-0.4, -0.2) is 30.2 Å². The van der Waals surface area contributed by atoms with Gasteiger partial charge in [-0.25, -0.2) is 4.79 Å². The van der Waals surface area contributed by atoms with Crippen LogP contribution in [-0.2, 0) is 22.4 Å². The first-order valence-electron chi connectivity index (χ1n) is 12.9. The zero-order valence-electron chi connectivity index (χ0n) is 20.3. The predicted molar refractivity (Wildman–Crippen MR) is 131 cm³/mol. The third kappa shape index (κ3) is 5.29. The largest absolute Gasteiger partial charge is 0.619 e. The molecular weight excluding hydrogens is 442 g/mol. The third-order valence-electron chi connectivity index (χ3n) is 8.24. The maximum Gasteiger partial charge on any atom is 0.408 e. The number of carbonyl (C=O) groups is 2. The summed E-state index contributed by atoms with van der Waals surface area (Å²) in [6, 6.07) is 15.0. The Hall–Kier alpha value is -3.09. The molecule has 1 aromatic carbocycles. The Morgan fingerprint density at radius 2 is 1.66 bits per heavy atom. The first kappa shape index (κ1) is 23.6. The number of hydrogen-bond acceptors (Lipinski definition) is 4. The highest BCUT2D eigenvalue weighted by Gasteiger charge is 2.50. The second-order valence-corrected chi connectivity index (χ2v) is 10.9. The van der Waals surface area contributed by atoms with Gasteiger partial charge in [0.2, 0.25) is 5.91 Å². The molecule has 1 unspecified atom stereocenters. The maximum absolute atomic E-state index is 13.4. The minimum Gasteiger partial charge on any atom is -0.619 e. The van der Waals surface area contributed by atoms with Crippen molar-refractivity contribution in [3.05, 3.63) is 71.2 Å². The second kappa shape index (κ2) is 9.88. The fraction of sp³-hybridized carbons (Fsp3) is 0.536. The van der Waals surface area contributed by atoms with Gasteiger partial charge in [0.15, 0.2) is 11.9 Å². The van der Waals surface area contributed by atoms with Crippen LogP contribution < -0.4 is 15.4 Å². The summed E-state index contributed by atoms with van der Waals surface area (Å²) in [7, 11) is 0. The number of ether oxygens (including phenoxy) is 1. The molecule has 4 aliphatic carbocycles. The lowest BCUT2D eigenvalue weighted by atomic mass is 9.55. The monoisotopic (exact) mass is 477 g/mol. The number of rotatable bonds is 8. The van der Waals surface area contributed by atoms with Gasteiger partial charge in [0.05, 0.1) is 6.42 Å². The van der Waals surface area contributed by atoms with Gasteiger partial charge in [0.25, 0.3) is 0 Å². The quantitative estimate of drug-likeness (QED) is 0.449. The summed E-state index contributed by atoms with van der Waals surface area (Å²) in [4.78, 5) is 26.5. The first-order chi connectivity index (χ1) is 16.9. The van der Waals surface area contributed by atoms with Crippen molar-refractivity contribution in [1.82, 2.24) is 10.6 Å². The molecule has 186 valence electrons. The van der Waals surface area contributed by atoms with Gasteiger partial charge in [-0.1, -0.05) is 36.4 Å². The average molecular weight is 478 g/mol. The van der Waals surface area contributed by atoms with E-state index in [1.54, 1.807) is 25.1 Å². The van der Waals surface area contributed by atoms with E-state index in [-0.39, 0.29) is 18.4 Å². The van der Waals surface area contributed by atoms with Crippen molar-refractivity contribution >= 4 is 12.0 Å². The molecule has 1 heterocycles. The molecule has 7 heteroatoms. The third-order valence-corrected chi connectivity index (χ3v) is 8.24. The van der Waals surface area contributed by atoms with Crippen LogP contribution in [0.3, 0.4) is 0 Å². The van der Waals surface area contributed by atoms with Crippen molar-refractivity contribution in [2.45, 2.75) is 63.5 Å². The molecule has 0 aliphatic heterocycles. The van der Waals surface area contributed by atoms with Crippen molar-refractivity contribution in [2.75, 3.05) is 6.54 Å². The van der Waals surface area contributed by atoms with Gasteiger partial charge in [-0.05, 0) is 74.7 Å². The molecule has 35 heavy (non-hydrogen) atoms. The molecule has 0 radical (unpaired) electrons. The van der Waals surface area contributed by atoms with Gasteiger partial charge in [-0.15, -0.1) is 0 Å². The van der Waals surface area contributed by atoms with Gasteiger partial charge >= 0.3 is 6.09 Å². The topological polar surface area (TPSA) is 94.4 Å². The Kier molecular flexibility index (Phi) is 6.67. The van der Waals surface area contributed by atoms with Gasteiger partial charge in [-0.2, -0.15) is 4.73 Å². The summed E-state index contributed by atoms with van der Waals surface area (Å²) < 4.78 is 6.74. The molecular formula is C28H35N3O4. The Balaban J connectivity index is 1.26. The van der Waals surface area contributed by atoms with Gasteiger partial charge in [0.1, 0.15) is 11.6 Å². The molecule has 2 amide bonds. The normalized spacial score (nSPS) is 28.2. The number of hydrogen-bond donors (Lipinski definition) is 2. The molecule has 7 nitrogen and oxygen atoms in total. The smallest absolute Gasteiger partial charge is 0.408 e. The Bertz CT molecular complexity index is 1030. The van der Waals surface area contributed by atoms with Crippen LogP contribution >= 0.6 is 0 Å². The highest BCUT2D eigenvalue weighted by Crippen LogP contribution is 2.54. The minimum atomic E-state index is -1.33.